The third-order valence-electron chi connectivity index (χ3n) is 5.08. The Morgan fingerprint density at radius 2 is 2.10 bits per heavy atom. The van der Waals surface area contributed by atoms with E-state index in [0.29, 0.717) is 6.54 Å². The van der Waals surface area contributed by atoms with Crippen LogP contribution >= 0.6 is 15.9 Å². The summed E-state index contributed by atoms with van der Waals surface area (Å²) >= 11 is 3.84. The summed E-state index contributed by atoms with van der Waals surface area (Å²) in [6.07, 6.45) is 7.32. The summed E-state index contributed by atoms with van der Waals surface area (Å²) in [6, 6.07) is 2.15. The van der Waals surface area contributed by atoms with Crippen LogP contribution in [0, 0.1) is 0 Å². The highest BCUT2D eigenvalue weighted by Crippen LogP contribution is 2.50. The van der Waals surface area contributed by atoms with E-state index >= 15 is 0 Å². The molecule has 1 saturated carbocycles. The fourth-order valence-corrected chi connectivity index (χ4v) is 4.74. The van der Waals surface area contributed by atoms with Crippen LogP contribution in [0.5, 0.6) is 11.5 Å². The van der Waals surface area contributed by atoms with Crippen molar-refractivity contribution < 1.29 is 9.47 Å². The molecule has 1 unspecified atom stereocenters. The molecule has 1 aromatic rings. The molecule has 2 aliphatic rings. The van der Waals surface area contributed by atoms with Gasteiger partial charge in [0.15, 0.2) is 11.5 Å². The highest BCUT2D eigenvalue weighted by Gasteiger charge is 2.38. The van der Waals surface area contributed by atoms with Crippen LogP contribution in [0.15, 0.2) is 10.5 Å². The molecule has 0 aromatic heterocycles. The zero-order valence-corrected chi connectivity index (χ0v) is 14.5. The van der Waals surface area contributed by atoms with Gasteiger partial charge in [0.25, 0.3) is 0 Å². The minimum atomic E-state index is 0.0885. The Hall–Kier alpha value is -0.740. The molecular formula is C17H24BrNO2. The van der Waals surface area contributed by atoms with E-state index in [1.807, 2.05) is 0 Å². The molecule has 2 N–H and O–H groups in total. The van der Waals surface area contributed by atoms with Gasteiger partial charge in [-0.2, -0.15) is 0 Å². The molecule has 1 fully saturated rings. The lowest BCUT2D eigenvalue weighted by Gasteiger charge is -2.38. The Balaban J connectivity index is 2.13. The number of ether oxygens (including phenoxy) is 2. The lowest BCUT2D eigenvalue weighted by atomic mass is 9.69. The van der Waals surface area contributed by atoms with Crippen LogP contribution in [0.1, 0.15) is 50.2 Å². The molecule has 0 radical (unpaired) electrons. The molecule has 0 spiro atoms. The van der Waals surface area contributed by atoms with Crippen molar-refractivity contribution in [3.63, 3.8) is 0 Å². The topological polar surface area (TPSA) is 44.5 Å². The SMILES string of the molecule is COc1cc(C2(CN)CCCCC2)c(Br)c2c1OC(C)C2. The van der Waals surface area contributed by atoms with Crippen LogP contribution in [0.3, 0.4) is 0 Å². The smallest absolute Gasteiger partial charge is 0.166 e. The molecule has 116 valence electrons. The normalized spacial score (nSPS) is 23.5. The summed E-state index contributed by atoms with van der Waals surface area (Å²) in [7, 11) is 1.72. The van der Waals surface area contributed by atoms with E-state index in [1.165, 1.54) is 47.7 Å². The highest BCUT2D eigenvalue weighted by atomic mass is 79.9. The molecule has 21 heavy (non-hydrogen) atoms. The van der Waals surface area contributed by atoms with Crippen LogP contribution in [0.25, 0.3) is 0 Å². The predicted molar refractivity (Wildman–Crippen MR) is 88.3 cm³/mol. The summed E-state index contributed by atoms with van der Waals surface area (Å²) < 4.78 is 12.7. The molecule has 1 aliphatic carbocycles. The number of hydrogen-bond acceptors (Lipinski definition) is 3. The van der Waals surface area contributed by atoms with Gasteiger partial charge in [0, 0.05) is 28.4 Å². The standard InChI is InChI=1S/C17H24BrNO2/c1-11-8-12-15(18)13(9-14(20-2)16(12)21-11)17(10-19)6-4-3-5-7-17/h9,11H,3-8,10,19H2,1-2H3. The largest absolute Gasteiger partial charge is 0.493 e. The van der Waals surface area contributed by atoms with Crippen molar-refractivity contribution in [1.82, 2.24) is 0 Å². The summed E-state index contributed by atoms with van der Waals surface area (Å²) in [5.41, 5.74) is 8.86. The first kappa shape index (κ1) is 15.2. The molecule has 1 atom stereocenters. The molecule has 0 saturated heterocycles. The first-order valence-corrected chi connectivity index (χ1v) is 8.67. The Morgan fingerprint density at radius 3 is 2.71 bits per heavy atom. The van der Waals surface area contributed by atoms with Crippen LogP contribution in [0.4, 0.5) is 0 Å². The maximum Gasteiger partial charge on any atom is 0.166 e. The van der Waals surface area contributed by atoms with Crippen LogP contribution in [-0.4, -0.2) is 19.8 Å². The van der Waals surface area contributed by atoms with E-state index in [1.54, 1.807) is 7.11 Å². The second kappa shape index (κ2) is 5.81. The van der Waals surface area contributed by atoms with Gasteiger partial charge < -0.3 is 15.2 Å². The Labute approximate surface area is 135 Å². The number of hydrogen-bond donors (Lipinski definition) is 1. The molecule has 3 rings (SSSR count). The number of methoxy groups -OCH3 is 1. The van der Waals surface area contributed by atoms with Gasteiger partial charge in [-0.05, 0) is 31.4 Å². The zero-order valence-electron chi connectivity index (χ0n) is 12.9. The minimum absolute atomic E-state index is 0.0885. The van der Waals surface area contributed by atoms with E-state index in [2.05, 4.69) is 28.9 Å². The maximum atomic E-state index is 6.21. The van der Waals surface area contributed by atoms with Gasteiger partial charge in [0.05, 0.1) is 7.11 Å². The fourth-order valence-electron chi connectivity index (χ4n) is 3.86. The predicted octanol–water partition coefficient (Wildman–Crippen LogP) is 3.94. The molecular weight excluding hydrogens is 330 g/mol. The average molecular weight is 354 g/mol. The van der Waals surface area contributed by atoms with Crippen molar-refractivity contribution in [2.75, 3.05) is 13.7 Å². The molecule has 1 aromatic carbocycles. The third-order valence-corrected chi connectivity index (χ3v) is 5.98. The van der Waals surface area contributed by atoms with Crippen molar-refractivity contribution in [3.8, 4) is 11.5 Å². The van der Waals surface area contributed by atoms with E-state index in [0.717, 1.165) is 17.9 Å². The summed E-state index contributed by atoms with van der Waals surface area (Å²) in [6.45, 7) is 2.80. The molecule has 0 bridgehead atoms. The van der Waals surface area contributed by atoms with Crippen molar-refractivity contribution in [3.05, 3.63) is 21.7 Å². The maximum absolute atomic E-state index is 6.21. The first-order chi connectivity index (χ1) is 10.1. The van der Waals surface area contributed by atoms with E-state index < -0.39 is 0 Å². The van der Waals surface area contributed by atoms with E-state index in [-0.39, 0.29) is 11.5 Å². The molecule has 0 amide bonds. The number of benzene rings is 1. The highest BCUT2D eigenvalue weighted by molar-refractivity contribution is 9.10. The molecule has 4 heteroatoms. The van der Waals surface area contributed by atoms with Gasteiger partial charge in [0.2, 0.25) is 0 Å². The van der Waals surface area contributed by atoms with Gasteiger partial charge in [-0.1, -0.05) is 35.2 Å². The monoisotopic (exact) mass is 353 g/mol. The third kappa shape index (κ3) is 2.46. The second-order valence-electron chi connectivity index (χ2n) is 6.43. The minimum Gasteiger partial charge on any atom is -0.493 e. The van der Waals surface area contributed by atoms with E-state index in [9.17, 15) is 0 Å². The number of halogens is 1. The molecule has 3 nitrogen and oxygen atoms in total. The van der Waals surface area contributed by atoms with Gasteiger partial charge >= 0.3 is 0 Å². The number of nitrogens with two attached hydrogens (primary N) is 1. The van der Waals surface area contributed by atoms with Crippen molar-refractivity contribution >= 4 is 15.9 Å². The molecule has 1 aliphatic heterocycles. The quantitative estimate of drug-likeness (QED) is 0.894. The Kier molecular flexibility index (Phi) is 4.19. The van der Waals surface area contributed by atoms with Gasteiger partial charge in [-0.15, -0.1) is 0 Å². The van der Waals surface area contributed by atoms with Gasteiger partial charge in [0.1, 0.15) is 6.10 Å². The summed E-state index contributed by atoms with van der Waals surface area (Å²) in [4.78, 5) is 0. The van der Waals surface area contributed by atoms with Gasteiger partial charge in [-0.3, -0.25) is 0 Å². The summed E-state index contributed by atoms with van der Waals surface area (Å²) in [5.74, 6) is 1.76. The van der Waals surface area contributed by atoms with Crippen LogP contribution < -0.4 is 15.2 Å². The first-order valence-electron chi connectivity index (χ1n) is 7.88. The summed E-state index contributed by atoms with van der Waals surface area (Å²) in [5, 5.41) is 0. The Morgan fingerprint density at radius 1 is 1.38 bits per heavy atom. The number of fused-ring (bicyclic) bond motifs is 1. The average Bonchev–Trinajstić information content (AvgIpc) is 2.91. The van der Waals surface area contributed by atoms with Crippen LogP contribution in [0.2, 0.25) is 0 Å². The van der Waals surface area contributed by atoms with Crippen LogP contribution in [-0.2, 0) is 11.8 Å². The van der Waals surface area contributed by atoms with Gasteiger partial charge in [-0.25, -0.2) is 0 Å². The lowest BCUT2D eigenvalue weighted by molar-refractivity contribution is 0.243. The zero-order chi connectivity index (χ0) is 15.0. The van der Waals surface area contributed by atoms with Crippen molar-refractivity contribution in [1.29, 1.82) is 0 Å². The fraction of sp³-hybridized carbons (Fsp3) is 0.647. The lowest BCUT2D eigenvalue weighted by Crippen LogP contribution is -2.37. The second-order valence-corrected chi connectivity index (χ2v) is 7.22. The Bertz CT molecular complexity index is 538. The number of rotatable bonds is 3. The van der Waals surface area contributed by atoms with E-state index in [4.69, 9.17) is 15.2 Å². The van der Waals surface area contributed by atoms with Crippen molar-refractivity contribution in [2.45, 2.75) is 57.0 Å². The molecule has 1 heterocycles. The van der Waals surface area contributed by atoms with Crippen molar-refractivity contribution in [2.24, 2.45) is 5.73 Å².